The molecule has 25 heavy (non-hydrogen) atoms. The molecule has 1 amide bonds. The largest absolute Gasteiger partial charge is 0.349 e. The third kappa shape index (κ3) is 5.13. The van der Waals surface area contributed by atoms with Crippen molar-refractivity contribution in [3.05, 3.63) is 59.8 Å². The minimum Gasteiger partial charge on any atom is -0.349 e. The van der Waals surface area contributed by atoms with E-state index in [9.17, 15) is 4.79 Å². The molecule has 0 saturated carbocycles. The van der Waals surface area contributed by atoms with Gasteiger partial charge in [-0.3, -0.25) is 24.6 Å². The number of carbonyl (C=O) groups is 1. The molecule has 3 aromatic rings. The first kappa shape index (κ1) is 17.1. The molecule has 0 saturated heterocycles. The molecule has 0 atom stereocenters. The van der Waals surface area contributed by atoms with Crippen molar-refractivity contribution in [2.24, 2.45) is 0 Å². The van der Waals surface area contributed by atoms with Crippen LogP contribution in [0.25, 0.3) is 10.7 Å². The van der Waals surface area contributed by atoms with Crippen molar-refractivity contribution < 1.29 is 4.79 Å². The second-order valence-electron chi connectivity index (χ2n) is 5.54. The maximum atomic E-state index is 12.1. The molecule has 0 aromatic carbocycles. The molecule has 3 heterocycles. The second-order valence-corrected chi connectivity index (χ2v) is 6.40. The highest BCUT2D eigenvalue weighted by atomic mass is 32.1. The third-order valence-corrected chi connectivity index (χ3v) is 4.33. The predicted octanol–water partition coefficient (Wildman–Crippen LogP) is 1.74. The molecule has 0 aliphatic carbocycles. The molecule has 0 bridgehead atoms. The maximum Gasteiger partial charge on any atom is 0.234 e. The van der Waals surface area contributed by atoms with E-state index in [0.717, 1.165) is 22.0 Å². The lowest BCUT2D eigenvalue weighted by atomic mass is 10.2. The Kier molecular flexibility index (Phi) is 5.76. The molecule has 0 spiro atoms. The van der Waals surface area contributed by atoms with E-state index >= 15 is 0 Å². The number of pyridine rings is 1. The molecule has 3 aromatic heterocycles. The number of hydrogen-bond acceptors (Lipinski definition) is 7. The van der Waals surface area contributed by atoms with Gasteiger partial charge in [0, 0.05) is 36.7 Å². The number of nitrogens with one attached hydrogen (secondary N) is 1. The highest BCUT2D eigenvalue weighted by Gasteiger charge is 2.09. The minimum atomic E-state index is -0.0365. The number of thiazole rings is 1. The zero-order valence-electron chi connectivity index (χ0n) is 13.8. The first-order valence-electron chi connectivity index (χ1n) is 7.75. The van der Waals surface area contributed by atoms with Gasteiger partial charge in [0.25, 0.3) is 0 Å². The third-order valence-electron chi connectivity index (χ3n) is 3.42. The van der Waals surface area contributed by atoms with Gasteiger partial charge < -0.3 is 5.32 Å². The van der Waals surface area contributed by atoms with E-state index in [1.807, 2.05) is 29.5 Å². The van der Waals surface area contributed by atoms with Gasteiger partial charge in [0.2, 0.25) is 5.91 Å². The van der Waals surface area contributed by atoms with Crippen LogP contribution < -0.4 is 5.32 Å². The van der Waals surface area contributed by atoms with Gasteiger partial charge in [-0.2, -0.15) is 0 Å². The number of likely N-dealkylation sites (N-methyl/N-ethyl adjacent to an activating group) is 1. The Morgan fingerprint density at radius 1 is 1.20 bits per heavy atom. The molecule has 3 rings (SSSR count). The molecular weight excluding hydrogens is 336 g/mol. The summed E-state index contributed by atoms with van der Waals surface area (Å²) in [7, 11) is 1.91. The lowest BCUT2D eigenvalue weighted by Crippen LogP contribution is -2.34. The summed E-state index contributed by atoms with van der Waals surface area (Å²) in [5.41, 5.74) is 2.68. The summed E-state index contributed by atoms with van der Waals surface area (Å²) in [5.74, 6) is -0.0365. The Labute approximate surface area is 149 Å². The Bertz CT molecular complexity index is 808. The van der Waals surface area contributed by atoms with Gasteiger partial charge in [-0.1, -0.05) is 0 Å². The van der Waals surface area contributed by atoms with Crippen molar-refractivity contribution in [2.75, 3.05) is 13.6 Å². The van der Waals surface area contributed by atoms with Crippen LogP contribution in [0.1, 0.15) is 11.3 Å². The molecule has 0 radical (unpaired) electrons. The lowest BCUT2D eigenvalue weighted by Gasteiger charge is -2.15. The molecule has 7 nitrogen and oxygen atoms in total. The maximum absolute atomic E-state index is 12.1. The smallest absolute Gasteiger partial charge is 0.234 e. The quantitative estimate of drug-likeness (QED) is 0.696. The normalized spacial score (nSPS) is 10.8. The molecule has 1 N–H and O–H groups in total. The van der Waals surface area contributed by atoms with E-state index in [4.69, 9.17) is 0 Å². The van der Waals surface area contributed by atoms with Crippen LogP contribution in [-0.4, -0.2) is 44.3 Å². The summed E-state index contributed by atoms with van der Waals surface area (Å²) in [6, 6.07) is 3.88. The summed E-state index contributed by atoms with van der Waals surface area (Å²) in [6.07, 6.45) is 8.44. The van der Waals surface area contributed by atoms with Crippen LogP contribution in [0.2, 0.25) is 0 Å². The molecule has 8 heteroatoms. The molecule has 128 valence electrons. The van der Waals surface area contributed by atoms with Gasteiger partial charge in [-0.25, -0.2) is 4.98 Å². The Morgan fingerprint density at radius 2 is 2.04 bits per heavy atom. The summed E-state index contributed by atoms with van der Waals surface area (Å²) >= 11 is 1.49. The molecule has 0 aliphatic rings. The van der Waals surface area contributed by atoms with E-state index < -0.39 is 0 Å². The van der Waals surface area contributed by atoms with E-state index in [0.29, 0.717) is 19.6 Å². The number of amides is 1. The van der Waals surface area contributed by atoms with E-state index in [1.165, 1.54) is 11.3 Å². The standard InChI is InChI=1S/C17H18N6OS/c1-23(10-13-2-4-18-5-3-13)11-16(24)21-8-14-12-25-17(22-14)15-9-19-6-7-20-15/h2-7,9,12H,8,10-11H2,1H3,(H,21,24). The summed E-state index contributed by atoms with van der Waals surface area (Å²) in [4.78, 5) is 30.8. The molecule has 0 fully saturated rings. The molecular formula is C17H18N6OS. The van der Waals surface area contributed by atoms with Crippen molar-refractivity contribution in [2.45, 2.75) is 13.1 Å². The van der Waals surface area contributed by atoms with E-state index in [1.54, 1.807) is 31.0 Å². The van der Waals surface area contributed by atoms with E-state index in [-0.39, 0.29) is 5.91 Å². The van der Waals surface area contributed by atoms with Crippen molar-refractivity contribution in [3.8, 4) is 10.7 Å². The number of hydrogen-bond donors (Lipinski definition) is 1. The van der Waals surface area contributed by atoms with Crippen molar-refractivity contribution >= 4 is 17.2 Å². The average Bonchev–Trinajstić information content (AvgIpc) is 3.10. The Balaban J connectivity index is 1.47. The monoisotopic (exact) mass is 354 g/mol. The van der Waals surface area contributed by atoms with Gasteiger partial charge in [0.1, 0.15) is 10.7 Å². The van der Waals surface area contributed by atoms with E-state index in [2.05, 4.69) is 25.3 Å². The summed E-state index contributed by atoms with van der Waals surface area (Å²) in [5, 5.41) is 5.62. The topological polar surface area (TPSA) is 83.9 Å². The SMILES string of the molecule is CN(CC(=O)NCc1csc(-c2cnccn2)n1)Cc1ccncc1. The minimum absolute atomic E-state index is 0.0365. The first-order valence-corrected chi connectivity index (χ1v) is 8.63. The van der Waals surface area contributed by atoms with Gasteiger partial charge >= 0.3 is 0 Å². The van der Waals surface area contributed by atoms with Crippen LogP contribution >= 0.6 is 11.3 Å². The Morgan fingerprint density at radius 3 is 2.80 bits per heavy atom. The average molecular weight is 354 g/mol. The number of aromatic nitrogens is 4. The second kappa shape index (κ2) is 8.41. The molecule has 0 unspecified atom stereocenters. The van der Waals surface area contributed by atoms with Crippen LogP contribution in [-0.2, 0) is 17.9 Å². The molecule has 0 aliphatic heterocycles. The Hall–Kier alpha value is -2.71. The zero-order chi connectivity index (χ0) is 17.5. The highest BCUT2D eigenvalue weighted by Crippen LogP contribution is 2.20. The lowest BCUT2D eigenvalue weighted by molar-refractivity contribution is -0.122. The van der Waals surface area contributed by atoms with Crippen molar-refractivity contribution in [1.82, 2.24) is 30.2 Å². The zero-order valence-corrected chi connectivity index (χ0v) is 14.6. The summed E-state index contributed by atoms with van der Waals surface area (Å²) in [6.45, 7) is 1.42. The van der Waals surface area contributed by atoms with Crippen LogP contribution in [0.3, 0.4) is 0 Å². The summed E-state index contributed by atoms with van der Waals surface area (Å²) < 4.78 is 0. The number of rotatable bonds is 7. The number of carbonyl (C=O) groups excluding carboxylic acids is 1. The fourth-order valence-electron chi connectivity index (χ4n) is 2.26. The van der Waals surface area contributed by atoms with Crippen LogP contribution in [0.5, 0.6) is 0 Å². The van der Waals surface area contributed by atoms with Crippen LogP contribution in [0.15, 0.2) is 48.5 Å². The van der Waals surface area contributed by atoms with Gasteiger partial charge in [0.05, 0.1) is 25.0 Å². The fraction of sp³-hybridized carbons (Fsp3) is 0.235. The number of nitrogens with zero attached hydrogens (tertiary/aromatic N) is 5. The van der Waals surface area contributed by atoms with Gasteiger partial charge in [0.15, 0.2) is 0 Å². The fourth-order valence-corrected chi connectivity index (χ4v) is 3.04. The van der Waals surface area contributed by atoms with Crippen LogP contribution in [0, 0.1) is 0 Å². The van der Waals surface area contributed by atoms with Gasteiger partial charge in [-0.15, -0.1) is 11.3 Å². The highest BCUT2D eigenvalue weighted by molar-refractivity contribution is 7.13. The van der Waals surface area contributed by atoms with Crippen molar-refractivity contribution in [1.29, 1.82) is 0 Å². The van der Waals surface area contributed by atoms with Crippen molar-refractivity contribution in [3.63, 3.8) is 0 Å². The van der Waals surface area contributed by atoms with Crippen LogP contribution in [0.4, 0.5) is 0 Å². The first-order chi connectivity index (χ1) is 12.2. The predicted molar refractivity (Wildman–Crippen MR) is 95.6 cm³/mol. The van der Waals surface area contributed by atoms with Gasteiger partial charge in [-0.05, 0) is 24.7 Å².